The second-order valence-corrected chi connectivity index (χ2v) is 8.70. The first-order chi connectivity index (χ1) is 15.9. The van der Waals surface area contributed by atoms with Crippen molar-refractivity contribution in [3.63, 3.8) is 0 Å². The fraction of sp³-hybridized carbons (Fsp3) is 0.0667. The second-order valence-electron chi connectivity index (χ2n) is 8.70. The summed E-state index contributed by atoms with van der Waals surface area (Å²) in [7, 11) is 0. The first-order valence-corrected chi connectivity index (χ1v) is 11.2. The Balaban J connectivity index is 1.37. The summed E-state index contributed by atoms with van der Waals surface area (Å²) in [4.78, 5) is 6.10. The number of fused-ring (bicyclic) bond motifs is 6. The highest BCUT2D eigenvalue weighted by Gasteiger charge is 2.37. The van der Waals surface area contributed by atoms with Crippen LogP contribution in [0.15, 0.2) is 109 Å². The molecule has 1 atom stereocenters. The van der Waals surface area contributed by atoms with Gasteiger partial charge in [0.15, 0.2) is 0 Å². The number of rotatable bonds is 2. The van der Waals surface area contributed by atoms with E-state index in [9.17, 15) is 0 Å². The monoisotopic (exact) mass is 410 g/mol. The summed E-state index contributed by atoms with van der Waals surface area (Å²) in [6.45, 7) is 0. The number of benzene rings is 4. The van der Waals surface area contributed by atoms with Gasteiger partial charge < -0.3 is 9.88 Å². The van der Waals surface area contributed by atoms with Gasteiger partial charge in [-0.25, -0.2) is 0 Å². The molecule has 0 saturated heterocycles. The van der Waals surface area contributed by atoms with E-state index in [1.165, 1.54) is 55.9 Å². The number of nitrogens with zero attached hydrogens (tertiary/aromatic N) is 1. The number of anilines is 2. The van der Waals surface area contributed by atoms with Crippen LogP contribution in [-0.2, 0) is 6.42 Å². The Morgan fingerprint density at radius 3 is 2.28 bits per heavy atom. The summed E-state index contributed by atoms with van der Waals surface area (Å²) in [6.07, 6.45) is 3.40. The fourth-order valence-corrected chi connectivity index (χ4v) is 5.46. The molecule has 152 valence electrons. The number of hydrogen-bond acceptors (Lipinski definition) is 1. The van der Waals surface area contributed by atoms with Crippen LogP contribution < -0.4 is 4.90 Å². The molecule has 5 aromatic rings. The van der Waals surface area contributed by atoms with Gasteiger partial charge in [-0.1, -0.05) is 78.9 Å². The van der Waals surface area contributed by atoms with Crippen molar-refractivity contribution in [1.29, 1.82) is 0 Å². The van der Waals surface area contributed by atoms with Crippen molar-refractivity contribution in [2.45, 2.75) is 12.3 Å². The maximum Gasteiger partial charge on any atom is 0.0497 e. The highest BCUT2D eigenvalue weighted by atomic mass is 15.2. The molecule has 0 bridgehead atoms. The standard InChI is InChI=1S/C30H22N2/c1-2-8-20(9-3-1)21-14-16-22(17-15-21)32-29-13-7-5-11-24(29)26-18-25-23-10-4-6-12-27(23)31-28(25)19-30(26)32/h1-17,19,26,31H,18H2. The van der Waals surface area contributed by atoms with Crippen molar-refractivity contribution in [3.05, 3.63) is 126 Å². The van der Waals surface area contributed by atoms with E-state index in [0.29, 0.717) is 5.92 Å². The molecule has 0 radical (unpaired) electrons. The maximum absolute atomic E-state index is 3.66. The first-order valence-electron chi connectivity index (χ1n) is 11.2. The van der Waals surface area contributed by atoms with E-state index in [0.717, 1.165) is 6.42 Å². The molecule has 2 heteroatoms. The normalized spacial score (nSPS) is 16.4. The van der Waals surface area contributed by atoms with Crippen LogP contribution in [-0.4, -0.2) is 4.98 Å². The van der Waals surface area contributed by atoms with Crippen LogP contribution in [0.25, 0.3) is 28.1 Å². The molecular weight excluding hydrogens is 388 g/mol. The van der Waals surface area contributed by atoms with Gasteiger partial charge >= 0.3 is 0 Å². The quantitative estimate of drug-likeness (QED) is 0.316. The molecule has 1 aliphatic heterocycles. The van der Waals surface area contributed by atoms with Gasteiger partial charge in [-0.15, -0.1) is 0 Å². The number of para-hydroxylation sites is 2. The zero-order valence-corrected chi connectivity index (χ0v) is 17.6. The summed E-state index contributed by atoms with van der Waals surface area (Å²) in [5.41, 5.74) is 11.7. The molecule has 1 aromatic heterocycles. The minimum Gasteiger partial charge on any atom is -0.355 e. The lowest BCUT2D eigenvalue weighted by atomic mass is 9.86. The second kappa shape index (κ2) is 6.73. The summed E-state index contributed by atoms with van der Waals surface area (Å²) in [5.74, 6) is 0.381. The minimum atomic E-state index is 0.381. The molecule has 2 nitrogen and oxygen atoms in total. The van der Waals surface area contributed by atoms with Gasteiger partial charge in [0.2, 0.25) is 0 Å². The van der Waals surface area contributed by atoms with Crippen LogP contribution in [0.3, 0.4) is 0 Å². The largest absolute Gasteiger partial charge is 0.355 e. The average molecular weight is 411 g/mol. The van der Waals surface area contributed by atoms with E-state index < -0.39 is 0 Å². The molecule has 1 unspecified atom stereocenters. The van der Waals surface area contributed by atoms with E-state index in [-0.39, 0.29) is 0 Å². The van der Waals surface area contributed by atoms with E-state index in [1.807, 2.05) is 0 Å². The molecule has 0 saturated carbocycles. The predicted octanol–water partition coefficient (Wildman–Crippen LogP) is 7.67. The number of hydrogen-bond donors (Lipinski definition) is 1. The summed E-state index contributed by atoms with van der Waals surface area (Å²) in [5, 5.41) is 1.35. The van der Waals surface area contributed by atoms with Gasteiger partial charge in [-0.05, 0) is 59.0 Å². The molecule has 0 spiro atoms. The highest BCUT2D eigenvalue weighted by Crippen LogP contribution is 2.52. The number of nitrogens with one attached hydrogen (secondary N) is 1. The molecular formula is C30H22N2. The predicted molar refractivity (Wildman–Crippen MR) is 133 cm³/mol. The molecule has 32 heavy (non-hydrogen) atoms. The number of aromatic amines is 1. The Morgan fingerprint density at radius 1 is 0.688 bits per heavy atom. The van der Waals surface area contributed by atoms with E-state index in [1.54, 1.807) is 0 Å². The lowest BCUT2D eigenvalue weighted by Gasteiger charge is -2.26. The van der Waals surface area contributed by atoms with Crippen LogP contribution in [0.1, 0.15) is 22.7 Å². The van der Waals surface area contributed by atoms with Crippen molar-refractivity contribution in [1.82, 2.24) is 4.98 Å². The Labute approximate surface area is 187 Å². The summed E-state index contributed by atoms with van der Waals surface area (Å²) >= 11 is 0. The van der Waals surface area contributed by atoms with Gasteiger partial charge in [-0.2, -0.15) is 0 Å². The molecule has 1 N–H and O–H groups in total. The molecule has 0 fully saturated rings. The summed E-state index contributed by atoms with van der Waals surface area (Å²) in [6, 6.07) is 37.1. The maximum atomic E-state index is 3.66. The Hall–Kier alpha value is -4.04. The van der Waals surface area contributed by atoms with Crippen molar-refractivity contribution in [2.24, 2.45) is 0 Å². The van der Waals surface area contributed by atoms with Crippen LogP contribution in [0, 0.1) is 0 Å². The van der Waals surface area contributed by atoms with Crippen LogP contribution in [0.4, 0.5) is 11.4 Å². The third-order valence-corrected chi connectivity index (χ3v) is 6.95. The smallest absolute Gasteiger partial charge is 0.0497 e. The lowest BCUT2D eigenvalue weighted by molar-refractivity contribution is 0.802. The topological polar surface area (TPSA) is 19.0 Å². The Bertz CT molecular complexity index is 1490. The molecule has 1 aliphatic carbocycles. The number of aromatic nitrogens is 1. The van der Waals surface area contributed by atoms with Crippen molar-refractivity contribution < 1.29 is 0 Å². The molecule has 2 heterocycles. The van der Waals surface area contributed by atoms with Crippen LogP contribution >= 0.6 is 0 Å². The zero-order valence-electron chi connectivity index (χ0n) is 17.6. The Kier molecular flexibility index (Phi) is 3.71. The fourth-order valence-electron chi connectivity index (χ4n) is 5.46. The van der Waals surface area contributed by atoms with Gasteiger partial charge in [0.05, 0.1) is 0 Å². The molecule has 4 aromatic carbocycles. The van der Waals surface area contributed by atoms with Gasteiger partial charge in [0, 0.05) is 39.6 Å². The van der Waals surface area contributed by atoms with Crippen LogP contribution in [0.5, 0.6) is 0 Å². The third kappa shape index (κ3) is 2.53. The zero-order chi connectivity index (χ0) is 21.1. The molecule has 0 amide bonds. The number of allylic oxidation sites excluding steroid dienone is 1. The molecule has 7 rings (SSSR count). The number of H-pyrrole nitrogens is 1. The average Bonchev–Trinajstić information content (AvgIpc) is 3.38. The highest BCUT2D eigenvalue weighted by molar-refractivity contribution is 5.91. The van der Waals surface area contributed by atoms with Crippen molar-refractivity contribution in [2.75, 3.05) is 4.90 Å². The van der Waals surface area contributed by atoms with Crippen LogP contribution in [0.2, 0.25) is 0 Å². The van der Waals surface area contributed by atoms with Gasteiger partial charge in [-0.3, -0.25) is 0 Å². The first kappa shape index (κ1) is 17.6. The van der Waals surface area contributed by atoms with Crippen molar-refractivity contribution in [3.8, 4) is 11.1 Å². The minimum absolute atomic E-state index is 0.381. The third-order valence-electron chi connectivity index (χ3n) is 6.95. The van der Waals surface area contributed by atoms with E-state index >= 15 is 0 Å². The van der Waals surface area contributed by atoms with Gasteiger partial charge in [0.25, 0.3) is 0 Å². The SMILES string of the molecule is C1=C2C(Cc3c1[nH]c1ccccc31)c1ccccc1N2c1ccc(-c2ccccc2)cc1. The van der Waals surface area contributed by atoms with Gasteiger partial charge in [0.1, 0.15) is 0 Å². The molecule has 2 aliphatic rings. The summed E-state index contributed by atoms with van der Waals surface area (Å²) < 4.78 is 0. The Morgan fingerprint density at radius 2 is 1.41 bits per heavy atom. The van der Waals surface area contributed by atoms with Crippen molar-refractivity contribution >= 4 is 28.4 Å². The van der Waals surface area contributed by atoms with E-state index in [4.69, 9.17) is 0 Å². The van der Waals surface area contributed by atoms with E-state index in [2.05, 4.69) is 119 Å². The lowest BCUT2D eigenvalue weighted by Crippen LogP contribution is -2.17.